The Labute approximate surface area is 225 Å². The molecule has 0 bridgehead atoms. The number of ether oxygens (including phenoxy) is 1. The average Bonchev–Trinajstić information content (AvgIpc) is 3.14. The molecule has 1 saturated carbocycles. The molecule has 1 aliphatic carbocycles. The van der Waals surface area contributed by atoms with Crippen LogP contribution in [-0.4, -0.2) is 10.7 Å². The van der Waals surface area contributed by atoms with E-state index in [2.05, 4.69) is 96.8 Å². The van der Waals surface area contributed by atoms with Crippen molar-refractivity contribution in [1.29, 1.82) is 0 Å². The first-order valence-corrected chi connectivity index (χ1v) is 13.7. The van der Waals surface area contributed by atoms with Gasteiger partial charge in [0.25, 0.3) is 0 Å². The first-order valence-electron chi connectivity index (χ1n) is 13.7. The topological polar surface area (TPSA) is 18.0 Å². The van der Waals surface area contributed by atoms with Crippen LogP contribution < -0.4 is 17.0 Å². The third-order valence-corrected chi connectivity index (χ3v) is 9.51. The van der Waals surface area contributed by atoms with Crippen molar-refractivity contribution >= 4 is 11.0 Å². The number of fused-ring (bicyclic) bond motifs is 1. The molecule has 1 fully saturated rings. The van der Waals surface area contributed by atoms with Crippen molar-refractivity contribution in [3.05, 3.63) is 63.0 Å². The molecule has 4 rings (SSSR count). The van der Waals surface area contributed by atoms with Crippen LogP contribution in [-0.2, 0) is 18.0 Å². The Morgan fingerprint density at radius 1 is 0.889 bits per heavy atom. The second-order valence-corrected chi connectivity index (χ2v) is 11.9. The standard InChI is InChI=1S/C32H47N2O.ClH/c1-19(2)28-12-11-20(3)32(15-28)35-18-34-17-33(30-13-21(4)22(5)14-31(30)34)16-29-26(9)24(7)23(6)25(8)27(29)10;/h13-14,17,19-20,28,32H,11-12,15-16,18H2,1-10H3;1H/q+1;/p-1/t20-,28+,32-;/m0./s1. The zero-order chi connectivity index (χ0) is 25.6. The second-order valence-electron chi connectivity index (χ2n) is 11.9. The van der Waals surface area contributed by atoms with Gasteiger partial charge in [-0.1, -0.05) is 20.8 Å². The van der Waals surface area contributed by atoms with E-state index >= 15 is 0 Å². The van der Waals surface area contributed by atoms with Crippen LogP contribution in [0.3, 0.4) is 0 Å². The van der Waals surface area contributed by atoms with Gasteiger partial charge < -0.3 is 17.1 Å². The number of halogens is 1. The van der Waals surface area contributed by atoms with Gasteiger partial charge in [-0.3, -0.25) is 0 Å². The molecule has 1 heterocycles. The molecule has 0 radical (unpaired) electrons. The van der Waals surface area contributed by atoms with E-state index < -0.39 is 0 Å². The van der Waals surface area contributed by atoms with Crippen molar-refractivity contribution in [2.45, 2.75) is 108 Å². The lowest BCUT2D eigenvalue weighted by atomic mass is 9.76. The molecule has 4 heteroatoms. The minimum atomic E-state index is 0. The van der Waals surface area contributed by atoms with Crippen molar-refractivity contribution in [1.82, 2.24) is 4.57 Å². The van der Waals surface area contributed by atoms with E-state index in [0.29, 0.717) is 18.8 Å². The second kappa shape index (κ2) is 11.3. The molecule has 0 aliphatic heterocycles. The van der Waals surface area contributed by atoms with Gasteiger partial charge >= 0.3 is 0 Å². The van der Waals surface area contributed by atoms with Crippen LogP contribution in [0.4, 0.5) is 0 Å². The van der Waals surface area contributed by atoms with Gasteiger partial charge in [0.05, 0.1) is 6.10 Å². The summed E-state index contributed by atoms with van der Waals surface area (Å²) in [5.41, 5.74) is 13.8. The predicted octanol–water partition coefficient (Wildman–Crippen LogP) is 4.57. The Kier molecular flexibility index (Phi) is 8.99. The van der Waals surface area contributed by atoms with Gasteiger partial charge in [-0.05, 0) is 142 Å². The van der Waals surface area contributed by atoms with E-state index in [4.69, 9.17) is 4.74 Å². The fraction of sp³-hybridized carbons (Fsp3) is 0.594. The van der Waals surface area contributed by atoms with Gasteiger partial charge in [-0.25, -0.2) is 9.13 Å². The molecular formula is C32H47ClN2O. The number of imidazole rings is 1. The van der Waals surface area contributed by atoms with Crippen LogP contribution in [0.5, 0.6) is 0 Å². The molecule has 3 nitrogen and oxygen atoms in total. The van der Waals surface area contributed by atoms with Crippen LogP contribution in [0, 0.1) is 66.2 Å². The van der Waals surface area contributed by atoms with Gasteiger partial charge in [0.1, 0.15) is 6.54 Å². The number of hydrogen-bond donors (Lipinski definition) is 0. The fourth-order valence-corrected chi connectivity index (χ4v) is 6.08. The third kappa shape index (κ3) is 5.38. The summed E-state index contributed by atoms with van der Waals surface area (Å²) in [6.45, 7) is 24.4. The number of aromatic nitrogens is 2. The molecule has 3 atom stereocenters. The highest BCUT2D eigenvalue weighted by molar-refractivity contribution is 5.74. The van der Waals surface area contributed by atoms with Crippen LogP contribution in [0.2, 0.25) is 0 Å². The van der Waals surface area contributed by atoms with Crippen molar-refractivity contribution in [3.8, 4) is 0 Å². The molecule has 0 spiro atoms. The average molecular weight is 511 g/mol. The fourth-order valence-electron chi connectivity index (χ4n) is 6.08. The lowest BCUT2D eigenvalue weighted by Gasteiger charge is -2.35. The van der Waals surface area contributed by atoms with Crippen molar-refractivity contribution < 1.29 is 21.7 Å². The Morgan fingerprint density at radius 3 is 2.08 bits per heavy atom. The van der Waals surface area contributed by atoms with Crippen molar-refractivity contribution in [3.63, 3.8) is 0 Å². The summed E-state index contributed by atoms with van der Waals surface area (Å²) < 4.78 is 11.4. The number of benzene rings is 2. The maximum absolute atomic E-state index is 6.65. The number of hydrogen-bond acceptors (Lipinski definition) is 1. The van der Waals surface area contributed by atoms with Gasteiger partial charge in [-0.2, -0.15) is 0 Å². The van der Waals surface area contributed by atoms with E-state index in [1.807, 2.05) is 0 Å². The zero-order valence-corrected chi connectivity index (χ0v) is 25.0. The Hall–Kier alpha value is -1.84. The predicted molar refractivity (Wildman–Crippen MR) is 147 cm³/mol. The maximum atomic E-state index is 6.65. The van der Waals surface area contributed by atoms with Crippen LogP contribution >= 0.6 is 0 Å². The van der Waals surface area contributed by atoms with Crippen molar-refractivity contribution in [2.75, 3.05) is 0 Å². The number of aryl methyl sites for hydroxylation is 2. The van der Waals surface area contributed by atoms with Crippen LogP contribution in [0.15, 0.2) is 18.5 Å². The summed E-state index contributed by atoms with van der Waals surface area (Å²) in [6, 6.07) is 4.70. The Balaban J connectivity index is 0.00000361. The largest absolute Gasteiger partial charge is 1.00 e. The SMILES string of the molecule is Cc1cc2c(cc1C)[n+](Cc1c(C)c(C)c(C)c(C)c1C)cn2CO[C@H]1C[C@H](C(C)C)CC[C@@H]1C.[Cl-]. The van der Waals surface area contributed by atoms with E-state index in [1.54, 1.807) is 0 Å². The zero-order valence-electron chi connectivity index (χ0n) is 24.3. The summed E-state index contributed by atoms with van der Waals surface area (Å²) in [5.74, 6) is 2.15. The van der Waals surface area contributed by atoms with E-state index in [9.17, 15) is 0 Å². The first kappa shape index (κ1) is 28.7. The van der Waals surface area contributed by atoms with Gasteiger partial charge in [0, 0.05) is 0 Å². The van der Waals surface area contributed by atoms with Crippen LogP contribution in [0.1, 0.15) is 84.5 Å². The summed E-state index contributed by atoms with van der Waals surface area (Å²) in [5, 5.41) is 0. The van der Waals surface area contributed by atoms with Crippen molar-refractivity contribution in [2.24, 2.45) is 17.8 Å². The third-order valence-electron chi connectivity index (χ3n) is 9.51. The Bertz CT molecular complexity index is 1210. The maximum Gasteiger partial charge on any atom is 0.246 e. The molecule has 0 unspecified atom stereocenters. The molecule has 36 heavy (non-hydrogen) atoms. The molecule has 2 aromatic carbocycles. The minimum Gasteiger partial charge on any atom is -1.00 e. The normalized spacial score (nSPS) is 20.2. The van der Waals surface area contributed by atoms with Gasteiger partial charge in [0.15, 0.2) is 17.8 Å². The molecule has 1 aromatic heterocycles. The van der Waals surface area contributed by atoms with Gasteiger partial charge in [-0.15, -0.1) is 0 Å². The molecule has 0 saturated heterocycles. The number of rotatable bonds is 6. The summed E-state index contributed by atoms with van der Waals surface area (Å²) in [6.07, 6.45) is 6.46. The highest BCUT2D eigenvalue weighted by Gasteiger charge is 2.31. The Morgan fingerprint density at radius 2 is 1.47 bits per heavy atom. The molecule has 3 aromatic rings. The summed E-state index contributed by atoms with van der Waals surface area (Å²) in [7, 11) is 0. The molecule has 198 valence electrons. The quantitative estimate of drug-likeness (QED) is 0.444. The smallest absolute Gasteiger partial charge is 0.246 e. The highest BCUT2D eigenvalue weighted by Crippen LogP contribution is 2.35. The lowest BCUT2D eigenvalue weighted by molar-refractivity contribution is -0.663. The molecule has 0 N–H and O–H groups in total. The molecule has 0 amide bonds. The minimum absolute atomic E-state index is 0. The lowest BCUT2D eigenvalue weighted by Crippen LogP contribution is -3.00. The first-order chi connectivity index (χ1) is 16.5. The number of nitrogens with zero attached hydrogens (tertiary/aromatic N) is 2. The van der Waals surface area contributed by atoms with Gasteiger partial charge in [0.2, 0.25) is 6.33 Å². The van der Waals surface area contributed by atoms with Crippen LogP contribution in [0.25, 0.3) is 11.0 Å². The highest BCUT2D eigenvalue weighted by atomic mass is 35.5. The summed E-state index contributed by atoms with van der Waals surface area (Å²) in [4.78, 5) is 0. The van der Waals surface area contributed by atoms with E-state index in [-0.39, 0.29) is 12.4 Å². The molecule has 1 aliphatic rings. The van der Waals surface area contributed by atoms with E-state index in [1.165, 1.54) is 74.8 Å². The monoisotopic (exact) mass is 510 g/mol. The van der Waals surface area contributed by atoms with E-state index in [0.717, 1.165) is 18.4 Å². The molecular weight excluding hydrogens is 464 g/mol. The summed E-state index contributed by atoms with van der Waals surface area (Å²) >= 11 is 0.